The van der Waals surface area contributed by atoms with Crippen molar-refractivity contribution in [1.82, 2.24) is 4.57 Å². The molecular formula is C28H30N4O3. The number of carbonyl (C=O) groups is 1. The van der Waals surface area contributed by atoms with E-state index in [0.717, 1.165) is 60.3 Å². The van der Waals surface area contributed by atoms with E-state index in [1.807, 2.05) is 19.2 Å². The Balaban J connectivity index is 0.000000917. The molecule has 5 rings (SSSR count). The van der Waals surface area contributed by atoms with Crippen molar-refractivity contribution in [2.24, 2.45) is 0 Å². The molecule has 0 bridgehead atoms. The highest BCUT2D eigenvalue weighted by Crippen LogP contribution is 2.32. The standard InChI is InChI=1S/C27H28N4O.CH2O2/c1-28-24-11-5-3-9-22(24)20-13-15-21(16-14-20)31-19-25(23-10-4-6-12-26(23)32-2)30-18-8-7-17-29-27(30)31;2-1-3/h3-6,9-16,19,28H,7-8,17-18H2,1-2H3;1H,(H,2,3). The SMILES string of the molecule is CNc1ccccc1-c1ccc(-n2cc(-c3ccccc3OC)[n+]3c2NCCCC3)cc1.O=C[O-]. The largest absolute Gasteiger partial charge is 0.554 e. The number of carbonyl (C=O) groups excluding carboxylic acids is 1. The van der Waals surface area contributed by atoms with Crippen LogP contribution in [0.15, 0.2) is 79.0 Å². The van der Waals surface area contributed by atoms with Gasteiger partial charge in [-0.05, 0) is 48.7 Å². The summed E-state index contributed by atoms with van der Waals surface area (Å²) in [5, 5.41) is 15.2. The van der Waals surface area contributed by atoms with E-state index in [1.54, 1.807) is 7.11 Å². The van der Waals surface area contributed by atoms with Crippen molar-refractivity contribution < 1.29 is 19.2 Å². The van der Waals surface area contributed by atoms with Gasteiger partial charge in [-0.3, -0.25) is 5.32 Å². The Bertz CT molecular complexity index is 1280. The molecule has 1 aliphatic heterocycles. The van der Waals surface area contributed by atoms with Crippen LogP contribution < -0.4 is 25.0 Å². The van der Waals surface area contributed by atoms with Gasteiger partial charge in [-0.2, -0.15) is 0 Å². The number of methoxy groups -OCH3 is 1. The molecule has 7 heteroatoms. The van der Waals surface area contributed by atoms with Gasteiger partial charge in [-0.15, -0.1) is 0 Å². The van der Waals surface area contributed by atoms with E-state index >= 15 is 0 Å². The number of imidazole rings is 1. The molecule has 3 aromatic carbocycles. The van der Waals surface area contributed by atoms with Gasteiger partial charge in [0, 0.05) is 24.8 Å². The molecule has 0 fully saturated rings. The Labute approximate surface area is 205 Å². The van der Waals surface area contributed by atoms with Gasteiger partial charge < -0.3 is 20.0 Å². The normalized spacial score (nSPS) is 12.3. The van der Waals surface area contributed by atoms with Gasteiger partial charge in [-0.25, -0.2) is 9.13 Å². The van der Waals surface area contributed by atoms with Crippen molar-refractivity contribution in [3.63, 3.8) is 0 Å². The molecule has 4 aromatic rings. The van der Waals surface area contributed by atoms with Crippen LogP contribution in [0.2, 0.25) is 0 Å². The van der Waals surface area contributed by atoms with E-state index in [-0.39, 0.29) is 0 Å². The minimum Gasteiger partial charge on any atom is -0.554 e. The van der Waals surface area contributed by atoms with E-state index in [0.29, 0.717) is 0 Å². The van der Waals surface area contributed by atoms with Crippen LogP contribution in [-0.2, 0) is 11.3 Å². The average molecular weight is 471 g/mol. The molecule has 0 atom stereocenters. The number of rotatable bonds is 5. The van der Waals surface area contributed by atoms with E-state index in [1.165, 1.54) is 11.1 Å². The van der Waals surface area contributed by atoms with Crippen LogP contribution in [0.3, 0.4) is 0 Å². The second-order valence-electron chi connectivity index (χ2n) is 8.13. The fraction of sp³-hybridized carbons (Fsp3) is 0.214. The number of hydrogen-bond acceptors (Lipinski definition) is 5. The van der Waals surface area contributed by atoms with Gasteiger partial charge in [0.05, 0.1) is 25.8 Å². The lowest BCUT2D eigenvalue weighted by molar-refractivity contribution is -0.670. The Hall–Kier alpha value is -4.26. The number of anilines is 2. The van der Waals surface area contributed by atoms with Gasteiger partial charge in [0.1, 0.15) is 23.3 Å². The average Bonchev–Trinajstić information content (AvgIpc) is 3.09. The number of para-hydroxylation sites is 2. The number of aromatic nitrogens is 2. The first-order valence-corrected chi connectivity index (χ1v) is 11.7. The summed E-state index contributed by atoms with van der Waals surface area (Å²) in [6.07, 6.45) is 4.53. The monoisotopic (exact) mass is 470 g/mol. The topological polar surface area (TPSA) is 82.2 Å². The van der Waals surface area contributed by atoms with Gasteiger partial charge >= 0.3 is 5.95 Å². The van der Waals surface area contributed by atoms with E-state index < -0.39 is 6.47 Å². The third-order valence-corrected chi connectivity index (χ3v) is 6.15. The highest BCUT2D eigenvalue weighted by molar-refractivity contribution is 5.78. The highest BCUT2D eigenvalue weighted by atomic mass is 16.5. The molecule has 1 aromatic heterocycles. The fourth-order valence-corrected chi connectivity index (χ4v) is 4.52. The van der Waals surface area contributed by atoms with Gasteiger partial charge in [0.25, 0.3) is 0 Å². The molecule has 0 saturated carbocycles. The van der Waals surface area contributed by atoms with Crippen molar-refractivity contribution in [1.29, 1.82) is 0 Å². The number of carboxylic acid groups (broad SMARTS) is 1. The summed E-state index contributed by atoms with van der Waals surface area (Å²) in [6, 6.07) is 25.4. The van der Waals surface area contributed by atoms with Crippen LogP contribution >= 0.6 is 0 Å². The molecule has 0 spiro atoms. The maximum absolute atomic E-state index is 8.25. The molecule has 0 unspecified atom stereocenters. The third kappa shape index (κ3) is 4.99. The number of ether oxygens (including phenoxy) is 1. The Morgan fingerprint density at radius 1 is 1.00 bits per heavy atom. The molecule has 2 N–H and O–H groups in total. The number of nitrogens with zero attached hydrogens (tertiary/aromatic N) is 2. The highest BCUT2D eigenvalue weighted by Gasteiger charge is 2.27. The van der Waals surface area contributed by atoms with Crippen LogP contribution in [0.25, 0.3) is 28.1 Å². The van der Waals surface area contributed by atoms with Crippen molar-refractivity contribution in [3.8, 4) is 33.8 Å². The Morgan fingerprint density at radius 2 is 1.69 bits per heavy atom. The molecular weight excluding hydrogens is 440 g/mol. The van der Waals surface area contributed by atoms with E-state index in [2.05, 4.69) is 86.6 Å². The number of hydrogen-bond donors (Lipinski definition) is 2. The summed E-state index contributed by atoms with van der Waals surface area (Å²) in [5.74, 6) is 2.01. The third-order valence-electron chi connectivity index (χ3n) is 6.15. The van der Waals surface area contributed by atoms with Crippen LogP contribution in [0, 0.1) is 0 Å². The summed E-state index contributed by atoms with van der Waals surface area (Å²) < 4.78 is 10.3. The first-order chi connectivity index (χ1) is 17.2. The number of nitrogens with one attached hydrogen (secondary N) is 2. The van der Waals surface area contributed by atoms with Gasteiger partial charge in [0.2, 0.25) is 0 Å². The maximum Gasteiger partial charge on any atom is 0.362 e. The zero-order valence-corrected chi connectivity index (χ0v) is 20.0. The zero-order chi connectivity index (χ0) is 24.6. The lowest BCUT2D eigenvalue weighted by Crippen LogP contribution is -2.36. The van der Waals surface area contributed by atoms with Crippen molar-refractivity contribution >= 4 is 18.1 Å². The number of benzene rings is 3. The van der Waals surface area contributed by atoms with Gasteiger partial charge in [-0.1, -0.05) is 42.5 Å². The maximum atomic E-state index is 8.25. The van der Waals surface area contributed by atoms with Crippen LogP contribution in [0.4, 0.5) is 11.6 Å². The van der Waals surface area contributed by atoms with Crippen molar-refractivity contribution in [2.45, 2.75) is 19.4 Å². The first kappa shape index (κ1) is 23.9. The summed E-state index contributed by atoms with van der Waals surface area (Å²) in [4.78, 5) is 8.25. The zero-order valence-electron chi connectivity index (χ0n) is 20.0. The van der Waals surface area contributed by atoms with E-state index in [4.69, 9.17) is 14.6 Å². The summed E-state index contributed by atoms with van der Waals surface area (Å²) in [5.41, 5.74) is 6.94. The quantitative estimate of drug-likeness (QED) is 0.343. The molecule has 7 nitrogen and oxygen atoms in total. The Morgan fingerprint density at radius 3 is 2.40 bits per heavy atom. The van der Waals surface area contributed by atoms with Crippen molar-refractivity contribution in [3.05, 3.63) is 79.0 Å². The first-order valence-electron chi connectivity index (χ1n) is 11.7. The van der Waals surface area contributed by atoms with Crippen LogP contribution in [0.5, 0.6) is 5.75 Å². The predicted molar refractivity (Wildman–Crippen MR) is 137 cm³/mol. The summed E-state index contributed by atoms with van der Waals surface area (Å²) in [7, 11) is 3.70. The predicted octanol–water partition coefficient (Wildman–Crippen LogP) is 3.72. The van der Waals surface area contributed by atoms with Gasteiger partial charge in [0.15, 0.2) is 0 Å². The molecule has 0 radical (unpaired) electrons. The number of fused-ring (bicyclic) bond motifs is 1. The van der Waals surface area contributed by atoms with Crippen molar-refractivity contribution in [2.75, 3.05) is 31.3 Å². The molecule has 0 aliphatic carbocycles. The molecule has 1 aliphatic rings. The molecule has 0 saturated heterocycles. The second kappa shape index (κ2) is 11.2. The molecule has 180 valence electrons. The van der Waals surface area contributed by atoms with E-state index in [9.17, 15) is 0 Å². The Kier molecular flexibility index (Phi) is 7.67. The molecule has 35 heavy (non-hydrogen) atoms. The molecule has 2 heterocycles. The second-order valence-corrected chi connectivity index (χ2v) is 8.13. The fourth-order valence-electron chi connectivity index (χ4n) is 4.52. The smallest absolute Gasteiger partial charge is 0.362 e. The molecule has 0 amide bonds. The minimum absolute atomic E-state index is 0.500. The lowest BCUT2D eigenvalue weighted by Gasteiger charge is -2.10. The summed E-state index contributed by atoms with van der Waals surface area (Å²) in [6.45, 7) is 1.46. The minimum atomic E-state index is -0.500. The summed E-state index contributed by atoms with van der Waals surface area (Å²) >= 11 is 0. The van der Waals surface area contributed by atoms with Crippen LogP contribution in [-0.4, -0.2) is 31.7 Å². The van der Waals surface area contributed by atoms with Crippen LogP contribution in [0.1, 0.15) is 12.8 Å². The lowest BCUT2D eigenvalue weighted by atomic mass is 10.0.